The van der Waals surface area contributed by atoms with Gasteiger partial charge in [-0.3, -0.25) is 9.36 Å². The van der Waals surface area contributed by atoms with Crippen LogP contribution in [-0.2, 0) is 6.54 Å². The lowest BCUT2D eigenvalue weighted by Crippen LogP contribution is -2.42. The molecular weight excluding hydrogens is 414 g/mol. The summed E-state index contributed by atoms with van der Waals surface area (Å²) in [5.74, 6) is -1.64. The van der Waals surface area contributed by atoms with Gasteiger partial charge in [-0.2, -0.15) is 0 Å². The van der Waals surface area contributed by atoms with Gasteiger partial charge in [0.2, 0.25) is 0 Å². The van der Waals surface area contributed by atoms with E-state index in [-0.39, 0.29) is 22.9 Å². The van der Waals surface area contributed by atoms with E-state index < -0.39 is 22.9 Å². The molecule has 2 aromatic heterocycles. The Balaban J connectivity index is 1.80. The Bertz CT molecular complexity index is 1440. The average Bonchev–Trinajstić information content (AvgIpc) is 3.40. The van der Waals surface area contributed by atoms with E-state index >= 15 is 0 Å². The van der Waals surface area contributed by atoms with Crippen molar-refractivity contribution in [1.82, 2.24) is 18.7 Å². The van der Waals surface area contributed by atoms with Crippen LogP contribution in [0.3, 0.4) is 0 Å². The summed E-state index contributed by atoms with van der Waals surface area (Å²) < 4.78 is 32.3. The lowest BCUT2D eigenvalue weighted by molar-refractivity contribution is 0.472. The quantitative estimate of drug-likeness (QED) is 0.484. The van der Waals surface area contributed by atoms with Gasteiger partial charge in [0, 0.05) is 18.7 Å². The van der Waals surface area contributed by atoms with Crippen molar-refractivity contribution >= 4 is 11.2 Å². The smallest absolute Gasteiger partial charge is 0.320 e. The van der Waals surface area contributed by atoms with Crippen molar-refractivity contribution in [3.63, 3.8) is 0 Å². The van der Waals surface area contributed by atoms with Crippen molar-refractivity contribution < 1.29 is 8.78 Å². The van der Waals surface area contributed by atoms with Gasteiger partial charge in [0.15, 0.2) is 11.2 Å². The summed E-state index contributed by atoms with van der Waals surface area (Å²) in [6.45, 7) is 2.36. The molecule has 4 aromatic rings. The molecule has 0 unspecified atom stereocenters. The van der Waals surface area contributed by atoms with Crippen LogP contribution >= 0.6 is 0 Å². The van der Waals surface area contributed by atoms with Gasteiger partial charge in [-0.1, -0.05) is 42.7 Å². The maximum atomic E-state index is 14.7. The molecule has 0 amide bonds. The lowest BCUT2D eigenvalue weighted by atomic mass is 10.1. The van der Waals surface area contributed by atoms with Crippen molar-refractivity contribution in [2.24, 2.45) is 0 Å². The number of benzene rings is 2. The van der Waals surface area contributed by atoms with Crippen LogP contribution in [0.2, 0.25) is 0 Å². The first-order valence-corrected chi connectivity index (χ1v) is 10.7. The van der Waals surface area contributed by atoms with Gasteiger partial charge in [0.25, 0.3) is 5.56 Å². The second-order valence-electron chi connectivity index (χ2n) is 8.36. The molecule has 164 valence electrons. The molecule has 0 spiro atoms. The molecule has 32 heavy (non-hydrogen) atoms. The van der Waals surface area contributed by atoms with Crippen molar-refractivity contribution in [3.05, 3.63) is 92.4 Å². The van der Waals surface area contributed by atoms with Crippen LogP contribution in [-0.4, -0.2) is 18.7 Å². The van der Waals surface area contributed by atoms with Crippen LogP contribution in [0, 0.1) is 18.6 Å². The number of hydrogen-bond donors (Lipinski definition) is 0. The first kappa shape index (κ1) is 20.4. The Labute approximate surface area is 182 Å². The first-order valence-electron chi connectivity index (χ1n) is 10.7. The number of halogens is 2. The highest BCUT2D eigenvalue weighted by Crippen LogP contribution is 2.28. The minimum Gasteiger partial charge on any atom is -0.320 e. The zero-order chi connectivity index (χ0) is 22.4. The summed E-state index contributed by atoms with van der Waals surface area (Å²) in [7, 11) is 0. The van der Waals surface area contributed by atoms with E-state index in [0.717, 1.165) is 40.7 Å². The number of nitrogens with zero attached hydrogens (tertiary/aromatic N) is 4. The Morgan fingerprint density at radius 2 is 1.84 bits per heavy atom. The maximum Gasteiger partial charge on any atom is 0.337 e. The second-order valence-corrected chi connectivity index (χ2v) is 8.36. The number of imidazole rings is 1. The van der Waals surface area contributed by atoms with Gasteiger partial charge in [0.05, 0.1) is 12.0 Å². The predicted molar refractivity (Wildman–Crippen MR) is 117 cm³/mol. The fraction of sp³-hybridized carbons (Fsp3) is 0.292. The number of hydrogen-bond acceptors (Lipinski definition) is 3. The number of fused-ring (bicyclic) bond motifs is 1. The molecule has 0 bridgehead atoms. The molecular formula is C24H22F2N4O2. The molecule has 1 saturated carbocycles. The molecule has 6 nitrogen and oxygen atoms in total. The molecule has 0 aliphatic heterocycles. The summed E-state index contributed by atoms with van der Waals surface area (Å²) in [6, 6.07) is 10.6. The van der Waals surface area contributed by atoms with Crippen molar-refractivity contribution in [3.8, 4) is 5.69 Å². The highest BCUT2D eigenvalue weighted by atomic mass is 19.1. The van der Waals surface area contributed by atoms with Crippen LogP contribution in [0.25, 0.3) is 16.9 Å². The van der Waals surface area contributed by atoms with E-state index in [4.69, 9.17) is 0 Å². The van der Waals surface area contributed by atoms with Gasteiger partial charge in [-0.05, 0) is 37.5 Å². The Morgan fingerprint density at radius 3 is 2.56 bits per heavy atom. The molecule has 1 fully saturated rings. The van der Waals surface area contributed by atoms with Crippen LogP contribution in [0.1, 0.15) is 42.9 Å². The zero-order valence-electron chi connectivity index (χ0n) is 17.6. The minimum atomic E-state index is -0.891. The topological polar surface area (TPSA) is 61.8 Å². The first-order chi connectivity index (χ1) is 15.4. The monoisotopic (exact) mass is 436 g/mol. The SMILES string of the molecule is Cc1cccc(Cn2cnc3c2c(=O)n(C2CCCC2)c(=O)n3-c2ccc(F)cc2F)c1. The molecule has 5 rings (SSSR count). The lowest BCUT2D eigenvalue weighted by Gasteiger charge is -2.17. The predicted octanol–water partition coefficient (Wildman–Crippen LogP) is 4.10. The number of aromatic nitrogens is 4. The normalized spacial score (nSPS) is 14.5. The summed E-state index contributed by atoms with van der Waals surface area (Å²) >= 11 is 0. The largest absolute Gasteiger partial charge is 0.337 e. The molecule has 0 radical (unpaired) electrons. The van der Waals surface area contributed by atoms with Crippen molar-refractivity contribution in [2.75, 3.05) is 0 Å². The van der Waals surface area contributed by atoms with E-state index in [1.54, 1.807) is 4.57 Å². The van der Waals surface area contributed by atoms with Crippen molar-refractivity contribution in [1.29, 1.82) is 0 Å². The van der Waals surface area contributed by atoms with Gasteiger partial charge < -0.3 is 4.57 Å². The van der Waals surface area contributed by atoms with Crippen LogP contribution in [0.5, 0.6) is 0 Å². The van der Waals surface area contributed by atoms with E-state index in [2.05, 4.69) is 4.98 Å². The third-order valence-electron chi connectivity index (χ3n) is 6.12. The van der Waals surface area contributed by atoms with Crippen molar-refractivity contribution in [2.45, 2.75) is 45.2 Å². The molecule has 0 atom stereocenters. The van der Waals surface area contributed by atoms with E-state index in [1.807, 2.05) is 31.2 Å². The third-order valence-corrected chi connectivity index (χ3v) is 6.12. The molecule has 1 aliphatic carbocycles. The Hall–Kier alpha value is -3.55. The molecule has 0 N–H and O–H groups in total. The summed E-state index contributed by atoms with van der Waals surface area (Å²) in [5.41, 5.74) is 1.13. The van der Waals surface area contributed by atoms with Gasteiger partial charge in [0.1, 0.15) is 11.6 Å². The molecule has 0 saturated heterocycles. The standard InChI is InChI=1S/C24H22F2N4O2/c1-15-5-4-6-16(11-15)13-28-14-27-22-21(28)23(31)29(18-7-2-3-8-18)24(32)30(22)20-10-9-17(25)12-19(20)26/h4-6,9-12,14,18H,2-3,7-8,13H2,1H3. The molecule has 8 heteroatoms. The second kappa shape index (κ2) is 7.85. The fourth-order valence-corrected chi connectivity index (χ4v) is 4.64. The third kappa shape index (κ3) is 3.36. The molecule has 1 aliphatic rings. The van der Waals surface area contributed by atoms with Gasteiger partial charge in [-0.15, -0.1) is 0 Å². The van der Waals surface area contributed by atoms with Crippen LogP contribution < -0.4 is 11.2 Å². The Morgan fingerprint density at radius 1 is 1.06 bits per heavy atom. The highest BCUT2D eigenvalue weighted by Gasteiger charge is 2.27. The zero-order valence-corrected chi connectivity index (χ0v) is 17.6. The summed E-state index contributed by atoms with van der Waals surface area (Å²) in [5, 5.41) is 0. The summed E-state index contributed by atoms with van der Waals surface area (Å²) in [6.07, 6.45) is 4.74. The van der Waals surface area contributed by atoms with E-state index in [9.17, 15) is 18.4 Å². The maximum absolute atomic E-state index is 14.7. The average molecular weight is 436 g/mol. The van der Waals surface area contributed by atoms with E-state index in [1.165, 1.54) is 17.0 Å². The van der Waals surface area contributed by atoms with Crippen LogP contribution in [0.15, 0.2) is 58.4 Å². The molecule has 2 heterocycles. The molecule has 2 aromatic carbocycles. The van der Waals surface area contributed by atoms with Crippen LogP contribution in [0.4, 0.5) is 8.78 Å². The van der Waals surface area contributed by atoms with Gasteiger partial charge in [-0.25, -0.2) is 23.1 Å². The van der Waals surface area contributed by atoms with Gasteiger partial charge >= 0.3 is 5.69 Å². The Kier molecular flexibility index (Phi) is 5.00. The van der Waals surface area contributed by atoms with E-state index in [0.29, 0.717) is 19.4 Å². The number of aryl methyl sites for hydroxylation is 1. The highest BCUT2D eigenvalue weighted by molar-refractivity contribution is 5.72. The minimum absolute atomic E-state index is 0.0624. The summed E-state index contributed by atoms with van der Waals surface area (Å²) in [4.78, 5) is 31.3. The number of rotatable bonds is 4. The fourth-order valence-electron chi connectivity index (χ4n) is 4.64.